The maximum absolute atomic E-state index is 5.33. The van der Waals surface area contributed by atoms with E-state index in [4.69, 9.17) is 4.52 Å². The third-order valence-electron chi connectivity index (χ3n) is 3.15. The van der Waals surface area contributed by atoms with Crippen LogP contribution in [0.1, 0.15) is 37.3 Å². The molecule has 1 saturated carbocycles. The lowest BCUT2D eigenvalue weighted by molar-refractivity contribution is 0.338. The van der Waals surface area contributed by atoms with Crippen molar-refractivity contribution in [1.82, 2.24) is 15.5 Å². The Morgan fingerprint density at radius 2 is 2.22 bits per heavy atom. The lowest BCUT2D eigenvalue weighted by atomic mass is 10.1. The Balaban J connectivity index is 1.79. The maximum atomic E-state index is 5.33. The largest absolute Gasteiger partial charge is 0.337 e. The lowest BCUT2D eigenvalue weighted by Gasteiger charge is -2.06. The van der Waals surface area contributed by atoms with Crippen LogP contribution < -0.4 is 5.32 Å². The molecule has 0 saturated heterocycles. The Kier molecular flexibility index (Phi) is 2.88. The molecule has 1 aliphatic carbocycles. The Labute approximate surface area is 106 Å². The van der Waals surface area contributed by atoms with Gasteiger partial charge in [0.2, 0.25) is 11.7 Å². The molecule has 18 heavy (non-hydrogen) atoms. The number of rotatable bonds is 4. The summed E-state index contributed by atoms with van der Waals surface area (Å²) in [6.45, 7) is 4.12. The quantitative estimate of drug-likeness (QED) is 0.897. The molecule has 0 amide bonds. The molecule has 1 fully saturated rings. The summed E-state index contributed by atoms with van der Waals surface area (Å²) in [6, 6.07) is 8.89. The highest BCUT2D eigenvalue weighted by Crippen LogP contribution is 2.24. The van der Waals surface area contributed by atoms with Gasteiger partial charge in [0.1, 0.15) is 0 Å². The zero-order valence-electron chi connectivity index (χ0n) is 10.7. The van der Waals surface area contributed by atoms with Crippen LogP contribution in [0.3, 0.4) is 0 Å². The molecule has 1 aliphatic rings. The number of nitrogens with one attached hydrogen (secondary N) is 1. The predicted molar refractivity (Wildman–Crippen MR) is 69.0 cm³/mol. The summed E-state index contributed by atoms with van der Waals surface area (Å²) in [4.78, 5) is 4.46. The molecule has 1 aromatic carbocycles. The van der Waals surface area contributed by atoms with Gasteiger partial charge in [-0.05, 0) is 32.8 Å². The van der Waals surface area contributed by atoms with Crippen LogP contribution in [0.2, 0.25) is 0 Å². The highest BCUT2D eigenvalue weighted by Gasteiger charge is 2.25. The van der Waals surface area contributed by atoms with Crippen molar-refractivity contribution in [2.24, 2.45) is 0 Å². The van der Waals surface area contributed by atoms with Crippen LogP contribution in [0.4, 0.5) is 0 Å². The minimum atomic E-state index is 0.128. The van der Waals surface area contributed by atoms with Crippen LogP contribution >= 0.6 is 0 Å². The average Bonchev–Trinajstić information content (AvgIpc) is 3.03. The van der Waals surface area contributed by atoms with Crippen molar-refractivity contribution in [1.29, 1.82) is 0 Å². The topological polar surface area (TPSA) is 51.0 Å². The van der Waals surface area contributed by atoms with Crippen molar-refractivity contribution in [3.8, 4) is 11.4 Å². The van der Waals surface area contributed by atoms with Crippen molar-refractivity contribution < 1.29 is 4.52 Å². The highest BCUT2D eigenvalue weighted by atomic mass is 16.5. The molecular formula is C14H17N3O. The first-order chi connectivity index (χ1) is 8.72. The van der Waals surface area contributed by atoms with Crippen molar-refractivity contribution in [2.45, 2.75) is 38.8 Å². The van der Waals surface area contributed by atoms with Gasteiger partial charge in [0.05, 0.1) is 6.04 Å². The summed E-state index contributed by atoms with van der Waals surface area (Å²) in [7, 11) is 0. The van der Waals surface area contributed by atoms with Crippen LogP contribution in [0, 0.1) is 6.92 Å². The zero-order valence-corrected chi connectivity index (χ0v) is 10.7. The molecule has 1 aromatic heterocycles. The van der Waals surface area contributed by atoms with E-state index in [0.717, 1.165) is 5.56 Å². The number of aryl methyl sites for hydroxylation is 1. The van der Waals surface area contributed by atoms with E-state index in [-0.39, 0.29) is 6.04 Å². The standard InChI is InChI=1S/C14H17N3O/c1-9-4-3-5-11(8-9)13-16-14(18-17-13)10(2)15-12-6-7-12/h3-5,8,10,12,15H,6-7H2,1-2H3. The number of benzene rings is 1. The van der Waals surface area contributed by atoms with Crippen LogP contribution in [0.25, 0.3) is 11.4 Å². The van der Waals surface area contributed by atoms with E-state index in [2.05, 4.69) is 41.4 Å². The van der Waals surface area contributed by atoms with Gasteiger partial charge in [0, 0.05) is 11.6 Å². The van der Waals surface area contributed by atoms with Crippen molar-refractivity contribution >= 4 is 0 Å². The SMILES string of the molecule is Cc1cccc(-c2noc(C(C)NC3CC3)n2)c1. The Morgan fingerprint density at radius 3 is 2.94 bits per heavy atom. The van der Waals surface area contributed by atoms with Gasteiger partial charge in [0.15, 0.2) is 0 Å². The first kappa shape index (κ1) is 11.4. The summed E-state index contributed by atoms with van der Waals surface area (Å²) in [5.41, 5.74) is 2.20. The van der Waals surface area contributed by atoms with Crippen LogP contribution in [0.15, 0.2) is 28.8 Å². The summed E-state index contributed by atoms with van der Waals surface area (Å²) in [6.07, 6.45) is 2.51. The maximum Gasteiger partial charge on any atom is 0.243 e. The number of nitrogens with zero attached hydrogens (tertiary/aromatic N) is 2. The molecule has 4 heteroatoms. The molecule has 4 nitrogen and oxygen atoms in total. The minimum absolute atomic E-state index is 0.128. The summed E-state index contributed by atoms with van der Waals surface area (Å²) >= 11 is 0. The fraction of sp³-hybridized carbons (Fsp3) is 0.429. The van der Waals surface area contributed by atoms with Crippen LogP contribution in [0.5, 0.6) is 0 Å². The van der Waals surface area contributed by atoms with Gasteiger partial charge in [-0.2, -0.15) is 4.98 Å². The smallest absolute Gasteiger partial charge is 0.243 e. The monoisotopic (exact) mass is 243 g/mol. The van der Waals surface area contributed by atoms with Gasteiger partial charge >= 0.3 is 0 Å². The summed E-state index contributed by atoms with van der Waals surface area (Å²) in [5, 5.41) is 7.50. The molecule has 0 radical (unpaired) electrons. The fourth-order valence-corrected chi connectivity index (χ4v) is 1.99. The molecule has 3 rings (SSSR count). The van der Waals surface area contributed by atoms with Gasteiger partial charge in [0.25, 0.3) is 0 Å². The molecule has 1 unspecified atom stereocenters. The third kappa shape index (κ3) is 2.43. The molecule has 1 N–H and O–H groups in total. The average molecular weight is 243 g/mol. The van der Waals surface area contributed by atoms with E-state index in [1.807, 2.05) is 12.1 Å². The van der Waals surface area contributed by atoms with Crippen LogP contribution in [-0.4, -0.2) is 16.2 Å². The first-order valence-electron chi connectivity index (χ1n) is 6.39. The van der Waals surface area contributed by atoms with Gasteiger partial charge in [-0.3, -0.25) is 0 Å². The Morgan fingerprint density at radius 1 is 1.39 bits per heavy atom. The van der Waals surface area contributed by atoms with E-state index in [9.17, 15) is 0 Å². The zero-order chi connectivity index (χ0) is 12.5. The predicted octanol–water partition coefficient (Wildman–Crippen LogP) is 2.86. The minimum Gasteiger partial charge on any atom is -0.337 e. The third-order valence-corrected chi connectivity index (χ3v) is 3.15. The van der Waals surface area contributed by atoms with E-state index in [1.54, 1.807) is 0 Å². The van der Waals surface area contributed by atoms with Crippen LogP contribution in [-0.2, 0) is 0 Å². The number of hydrogen-bond acceptors (Lipinski definition) is 4. The van der Waals surface area contributed by atoms with E-state index in [0.29, 0.717) is 17.8 Å². The lowest BCUT2D eigenvalue weighted by Crippen LogP contribution is -2.20. The molecule has 2 aromatic rings. The molecule has 0 bridgehead atoms. The van der Waals surface area contributed by atoms with Crippen molar-refractivity contribution in [3.05, 3.63) is 35.7 Å². The first-order valence-corrected chi connectivity index (χ1v) is 6.39. The second-order valence-electron chi connectivity index (χ2n) is 4.99. The van der Waals surface area contributed by atoms with Gasteiger partial charge < -0.3 is 9.84 Å². The van der Waals surface area contributed by atoms with Gasteiger partial charge in [-0.15, -0.1) is 0 Å². The second-order valence-corrected chi connectivity index (χ2v) is 4.99. The van der Waals surface area contributed by atoms with E-state index >= 15 is 0 Å². The molecule has 1 atom stereocenters. The van der Waals surface area contributed by atoms with E-state index in [1.165, 1.54) is 18.4 Å². The number of hydrogen-bond donors (Lipinski definition) is 1. The normalized spacial score (nSPS) is 16.8. The molecule has 0 spiro atoms. The summed E-state index contributed by atoms with van der Waals surface area (Å²) < 4.78 is 5.33. The Hall–Kier alpha value is -1.68. The molecule has 0 aliphatic heterocycles. The molecule has 94 valence electrons. The molecule has 1 heterocycles. The van der Waals surface area contributed by atoms with Gasteiger partial charge in [-0.25, -0.2) is 0 Å². The van der Waals surface area contributed by atoms with Gasteiger partial charge in [-0.1, -0.05) is 28.9 Å². The molecular weight excluding hydrogens is 226 g/mol. The second kappa shape index (κ2) is 4.53. The highest BCUT2D eigenvalue weighted by molar-refractivity contribution is 5.55. The van der Waals surface area contributed by atoms with Crippen molar-refractivity contribution in [2.75, 3.05) is 0 Å². The number of aromatic nitrogens is 2. The Bertz CT molecular complexity index is 545. The summed E-state index contributed by atoms with van der Waals surface area (Å²) in [5.74, 6) is 1.33. The van der Waals surface area contributed by atoms with Crippen molar-refractivity contribution in [3.63, 3.8) is 0 Å². The fourth-order valence-electron chi connectivity index (χ4n) is 1.99. The van der Waals surface area contributed by atoms with E-state index < -0.39 is 0 Å².